The van der Waals surface area contributed by atoms with Crippen LogP contribution in [-0.2, 0) is 9.59 Å². The Morgan fingerprint density at radius 2 is 1.80 bits per heavy atom. The lowest BCUT2D eigenvalue weighted by atomic mass is 10.2. The second-order valence-corrected chi connectivity index (χ2v) is 5.79. The molecule has 0 heterocycles. The molecule has 0 atom stereocenters. The minimum atomic E-state index is -0.388. The van der Waals surface area contributed by atoms with Crippen molar-refractivity contribution in [2.24, 2.45) is 5.10 Å². The van der Waals surface area contributed by atoms with Crippen LogP contribution in [0, 0.1) is 12.7 Å². The lowest BCUT2D eigenvalue weighted by Gasteiger charge is -2.08. The van der Waals surface area contributed by atoms with E-state index in [1.807, 2.05) is 6.92 Å². The average molecular weight is 362 g/mol. The first kappa shape index (κ1) is 18.6. The number of carbonyl (C=O) groups is 2. The van der Waals surface area contributed by atoms with Crippen molar-refractivity contribution in [1.29, 1.82) is 0 Å². The van der Waals surface area contributed by atoms with Gasteiger partial charge in [-0.25, -0.2) is 9.82 Å². The van der Waals surface area contributed by atoms with Crippen LogP contribution in [0.4, 0.5) is 10.1 Å². The van der Waals surface area contributed by atoms with Crippen molar-refractivity contribution in [3.63, 3.8) is 0 Å². The van der Waals surface area contributed by atoms with Crippen molar-refractivity contribution < 1.29 is 14.0 Å². The first-order chi connectivity index (χ1) is 11.9. The Bertz CT molecular complexity index is 791. The molecule has 0 aliphatic carbocycles. The minimum absolute atomic E-state index is 0.000765. The van der Waals surface area contributed by atoms with Gasteiger partial charge in [-0.2, -0.15) is 5.10 Å². The van der Waals surface area contributed by atoms with E-state index in [0.717, 1.165) is 5.56 Å². The maximum atomic E-state index is 12.8. The molecule has 0 saturated carbocycles. The van der Waals surface area contributed by atoms with Crippen molar-refractivity contribution in [2.75, 3.05) is 5.32 Å². The number of rotatable bonds is 6. The Morgan fingerprint density at radius 1 is 1.12 bits per heavy atom. The van der Waals surface area contributed by atoms with E-state index in [9.17, 15) is 14.0 Å². The third-order valence-electron chi connectivity index (χ3n) is 3.31. The molecule has 0 aliphatic rings. The zero-order chi connectivity index (χ0) is 18.2. The van der Waals surface area contributed by atoms with E-state index in [1.54, 1.807) is 18.2 Å². The maximum absolute atomic E-state index is 12.8. The highest BCUT2D eigenvalue weighted by Crippen LogP contribution is 2.19. The fourth-order valence-electron chi connectivity index (χ4n) is 1.99. The number of hydrogen-bond donors (Lipinski definition) is 2. The molecule has 7 heteroatoms. The van der Waals surface area contributed by atoms with Crippen molar-refractivity contribution in [3.05, 3.63) is 64.4 Å². The molecule has 2 amide bonds. The largest absolute Gasteiger partial charge is 0.326 e. The van der Waals surface area contributed by atoms with Crippen LogP contribution < -0.4 is 10.7 Å². The van der Waals surface area contributed by atoms with Crippen LogP contribution in [0.3, 0.4) is 0 Å². The molecule has 2 aromatic rings. The molecule has 0 fully saturated rings. The third-order valence-corrected chi connectivity index (χ3v) is 3.55. The standard InChI is InChI=1S/C18H17ClFN3O2/c1-12-10-14(19)4-7-16(12)22-17(24)8-9-18(25)23-21-11-13-2-5-15(20)6-3-13/h2-7,10-11H,8-9H2,1H3,(H,22,24)(H,23,25)/b21-11+. The zero-order valence-corrected chi connectivity index (χ0v) is 14.3. The number of anilines is 1. The van der Waals surface area contributed by atoms with E-state index >= 15 is 0 Å². The Hall–Kier alpha value is -2.73. The van der Waals surface area contributed by atoms with E-state index in [-0.39, 0.29) is 30.5 Å². The summed E-state index contributed by atoms with van der Waals surface area (Å²) in [6.07, 6.45) is 1.42. The van der Waals surface area contributed by atoms with Crippen LogP contribution in [0.2, 0.25) is 5.02 Å². The van der Waals surface area contributed by atoms with Gasteiger partial charge in [0.25, 0.3) is 0 Å². The molecule has 0 saturated heterocycles. The molecule has 25 heavy (non-hydrogen) atoms. The number of hydrazone groups is 1. The van der Waals surface area contributed by atoms with Gasteiger partial charge in [-0.1, -0.05) is 23.7 Å². The fraction of sp³-hybridized carbons (Fsp3) is 0.167. The molecule has 0 aromatic heterocycles. The second kappa shape index (κ2) is 8.94. The van der Waals surface area contributed by atoms with Crippen LogP contribution in [0.1, 0.15) is 24.0 Å². The SMILES string of the molecule is Cc1cc(Cl)ccc1NC(=O)CCC(=O)N/N=C/c1ccc(F)cc1. The first-order valence-electron chi connectivity index (χ1n) is 7.57. The van der Waals surface area contributed by atoms with Crippen molar-refractivity contribution >= 4 is 35.3 Å². The Morgan fingerprint density at radius 3 is 2.48 bits per heavy atom. The van der Waals surface area contributed by atoms with E-state index in [4.69, 9.17) is 11.6 Å². The van der Waals surface area contributed by atoms with Gasteiger partial charge in [0.2, 0.25) is 11.8 Å². The number of aryl methyl sites for hydroxylation is 1. The maximum Gasteiger partial charge on any atom is 0.240 e. The summed E-state index contributed by atoms with van der Waals surface area (Å²) in [5.41, 5.74) is 4.47. The number of carbonyl (C=O) groups excluding carboxylic acids is 2. The number of halogens is 2. The molecule has 0 unspecified atom stereocenters. The Labute approximate surface area is 149 Å². The van der Waals surface area contributed by atoms with Gasteiger partial charge in [-0.15, -0.1) is 0 Å². The fourth-order valence-corrected chi connectivity index (χ4v) is 2.22. The van der Waals surface area contributed by atoms with Gasteiger partial charge >= 0.3 is 0 Å². The lowest BCUT2D eigenvalue weighted by Crippen LogP contribution is -2.20. The summed E-state index contributed by atoms with van der Waals surface area (Å²) in [5, 5.41) is 7.08. The monoisotopic (exact) mass is 361 g/mol. The first-order valence-corrected chi connectivity index (χ1v) is 7.95. The Kier molecular flexibility index (Phi) is 6.65. The second-order valence-electron chi connectivity index (χ2n) is 5.35. The van der Waals surface area contributed by atoms with Crippen molar-refractivity contribution in [1.82, 2.24) is 5.43 Å². The summed E-state index contributed by atoms with van der Waals surface area (Å²) in [6.45, 7) is 1.83. The quantitative estimate of drug-likeness (QED) is 0.609. The summed E-state index contributed by atoms with van der Waals surface area (Å²) < 4.78 is 12.8. The smallest absolute Gasteiger partial charge is 0.240 e. The average Bonchev–Trinajstić information content (AvgIpc) is 2.57. The molecule has 0 radical (unpaired) electrons. The van der Waals surface area contributed by atoms with Crippen LogP contribution in [0.5, 0.6) is 0 Å². The number of hydrogen-bond acceptors (Lipinski definition) is 3. The highest BCUT2D eigenvalue weighted by molar-refractivity contribution is 6.30. The number of benzene rings is 2. The number of nitrogens with zero attached hydrogens (tertiary/aromatic N) is 1. The minimum Gasteiger partial charge on any atom is -0.326 e. The topological polar surface area (TPSA) is 70.6 Å². The van der Waals surface area contributed by atoms with Gasteiger partial charge in [0.15, 0.2) is 0 Å². The highest BCUT2D eigenvalue weighted by Gasteiger charge is 2.08. The van der Waals surface area contributed by atoms with Gasteiger partial charge < -0.3 is 5.32 Å². The van der Waals surface area contributed by atoms with Crippen LogP contribution >= 0.6 is 11.6 Å². The Balaban J connectivity index is 1.75. The third kappa shape index (κ3) is 6.35. The highest BCUT2D eigenvalue weighted by atomic mass is 35.5. The zero-order valence-electron chi connectivity index (χ0n) is 13.6. The predicted molar refractivity (Wildman–Crippen MR) is 96.2 cm³/mol. The summed E-state index contributed by atoms with van der Waals surface area (Å²) in [5.74, 6) is -1.01. The molecule has 2 N–H and O–H groups in total. The summed E-state index contributed by atoms with van der Waals surface area (Å²) in [4.78, 5) is 23.6. The van der Waals surface area contributed by atoms with Gasteiger partial charge in [0.05, 0.1) is 6.21 Å². The summed E-state index contributed by atoms with van der Waals surface area (Å²) in [6, 6.07) is 10.8. The molecule has 130 valence electrons. The van der Waals surface area contributed by atoms with E-state index in [2.05, 4.69) is 15.8 Å². The van der Waals surface area contributed by atoms with Crippen molar-refractivity contribution in [3.8, 4) is 0 Å². The van der Waals surface area contributed by atoms with E-state index in [0.29, 0.717) is 16.3 Å². The molecular formula is C18H17ClFN3O2. The number of amides is 2. The normalized spacial score (nSPS) is 10.7. The number of nitrogens with one attached hydrogen (secondary N) is 2. The van der Waals surface area contributed by atoms with Crippen LogP contribution in [0.15, 0.2) is 47.6 Å². The van der Waals surface area contributed by atoms with Gasteiger partial charge in [0.1, 0.15) is 5.82 Å². The summed E-state index contributed by atoms with van der Waals surface area (Å²) >= 11 is 5.86. The van der Waals surface area contributed by atoms with Gasteiger partial charge in [-0.05, 0) is 48.4 Å². The molecule has 0 aliphatic heterocycles. The predicted octanol–water partition coefficient (Wildman–Crippen LogP) is 3.66. The molecule has 0 spiro atoms. The molecule has 5 nitrogen and oxygen atoms in total. The molecular weight excluding hydrogens is 345 g/mol. The van der Waals surface area contributed by atoms with Crippen LogP contribution in [-0.4, -0.2) is 18.0 Å². The van der Waals surface area contributed by atoms with Crippen molar-refractivity contribution in [2.45, 2.75) is 19.8 Å². The van der Waals surface area contributed by atoms with Gasteiger partial charge in [0, 0.05) is 23.6 Å². The van der Waals surface area contributed by atoms with Gasteiger partial charge in [-0.3, -0.25) is 9.59 Å². The lowest BCUT2D eigenvalue weighted by molar-refractivity contribution is -0.124. The molecule has 2 rings (SSSR count). The summed E-state index contributed by atoms with van der Waals surface area (Å²) in [7, 11) is 0. The van der Waals surface area contributed by atoms with E-state index < -0.39 is 0 Å². The molecule has 2 aromatic carbocycles. The molecule has 0 bridgehead atoms. The van der Waals surface area contributed by atoms with Crippen LogP contribution in [0.25, 0.3) is 0 Å². The van der Waals surface area contributed by atoms with E-state index in [1.165, 1.54) is 30.5 Å².